The molecular formula is C15H16ClN3O2. The van der Waals surface area contributed by atoms with Crippen LogP contribution in [0.1, 0.15) is 17.3 Å². The first kappa shape index (κ1) is 15.1. The molecule has 0 aliphatic rings. The Morgan fingerprint density at radius 2 is 2.19 bits per heavy atom. The zero-order valence-electron chi connectivity index (χ0n) is 11.8. The first-order valence-electron chi connectivity index (χ1n) is 6.49. The highest BCUT2D eigenvalue weighted by atomic mass is 35.5. The quantitative estimate of drug-likeness (QED) is 0.888. The van der Waals surface area contributed by atoms with Gasteiger partial charge in [-0.15, -0.1) is 0 Å². The lowest BCUT2D eigenvalue weighted by atomic mass is 10.2. The van der Waals surface area contributed by atoms with Gasteiger partial charge in [0.1, 0.15) is 11.6 Å². The topological polar surface area (TPSA) is 63.2 Å². The minimum Gasteiger partial charge on any atom is -0.495 e. The van der Waals surface area contributed by atoms with Gasteiger partial charge in [-0.3, -0.25) is 4.79 Å². The Morgan fingerprint density at radius 1 is 1.38 bits per heavy atom. The average molecular weight is 306 g/mol. The molecule has 0 saturated carbocycles. The maximum absolute atomic E-state index is 12.3. The lowest BCUT2D eigenvalue weighted by Gasteiger charge is -2.11. The number of carbonyl (C=O) groups is 1. The summed E-state index contributed by atoms with van der Waals surface area (Å²) in [5.74, 6) is 0.863. The zero-order chi connectivity index (χ0) is 15.2. The third-order valence-corrected chi connectivity index (χ3v) is 3.10. The lowest BCUT2D eigenvalue weighted by Crippen LogP contribution is -2.15. The van der Waals surface area contributed by atoms with E-state index in [1.165, 1.54) is 7.11 Å². The average Bonchev–Trinajstić information content (AvgIpc) is 2.48. The van der Waals surface area contributed by atoms with Crippen molar-refractivity contribution in [3.8, 4) is 5.75 Å². The Morgan fingerprint density at radius 3 is 2.86 bits per heavy atom. The summed E-state index contributed by atoms with van der Waals surface area (Å²) in [7, 11) is 1.54. The molecule has 1 amide bonds. The number of carbonyl (C=O) groups excluding carboxylic acids is 1. The molecule has 2 aromatic rings. The summed E-state index contributed by atoms with van der Waals surface area (Å²) in [5.41, 5.74) is 1.07. The van der Waals surface area contributed by atoms with Gasteiger partial charge in [-0.1, -0.05) is 11.6 Å². The molecule has 0 atom stereocenters. The van der Waals surface area contributed by atoms with Crippen molar-refractivity contribution in [2.45, 2.75) is 6.92 Å². The molecule has 0 bridgehead atoms. The van der Waals surface area contributed by atoms with E-state index in [0.29, 0.717) is 34.4 Å². The molecular weight excluding hydrogens is 290 g/mol. The third kappa shape index (κ3) is 3.64. The first-order chi connectivity index (χ1) is 10.2. The first-order valence-corrected chi connectivity index (χ1v) is 6.87. The molecule has 1 aromatic heterocycles. The zero-order valence-corrected chi connectivity index (χ0v) is 12.6. The molecule has 110 valence electrons. The van der Waals surface area contributed by atoms with Crippen LogP contribution in [0.4, 0.5) is 11.5 Å². The summed E-state index contributed by atoms with van der Waals surface area (Å²) in [6.45, 7) is 2.63. The number of rotatable bonds is 5. The van der Waals surface area contributed by atoms with Gasteiger partial charge in [-0.05, 0) is 37.3 Å². The summed E-state index contributed by atoms with van der Waals surface area (Å²) in [6, 6.07) is 8.50. The van der Waals surface area contributed by atoms with Gasteiger partial charge in [-0.25, -0.2) is 4.98 Å². The summed E-state index contributed by atoms with van der Waals surface area (Å²) in [5, 5.41) is 6.28. The Labute approximate surface area is 128 Å². The number of pyridine rings is 1. The van der Waals surface area contributed by atoms with Crippen molar-refractivity contribution >= 4 is 29.0 Å². The molecule has 21 heavy (non-hydrogen) atoms. The predicted molar refractivity (Wildman–Crippen MR) is 84.4 cm³/mol. The van der Waals surface area contributed by atoms with Gasteiger partial charge >= 0.3 is 0 Å². The number of amides is 1. The molecule has 0 saturated heterocycles. The van der Waals surface area contributed by atoms with Gasteiger partial charge in [-0.2, -0.15) is 0 Å². The van der Waals surface area contributed by atoms with E-state index >= 15 is 0 Å². The molecule has 2 rings (SSSR count). The Balaban J connectivity index is 2.20. The summed E-state index contributed by atoms with van der Waals surface area (Å²) < 4.78 is 5.08. The number of benzene rings is 1. The van der Waals surface area contributed by atoms with E-state index in [9.17, 15) is 4.79 Å². The Kier molecular flexibility index (Phi) is 5.00. The minimum absolute atomic E-state index is 0.250. The molecule has 1 aromatic carbocycles. The monoisotopic (exact) mass is 305 g/mol. The predicted octanol–water partition coefficient (Wildman–Crippen LogP) is 3.43. The highest BCUT2D eigenvalue weighted by Crippen LogP contribution is 2.27. The van der Waals surface area contributed by atoms with E-state index in [2.05, 4.69) is 15.6 Å². The van der Waals surface area contributed by atoms with Gasteiger partial charge in [0.05, 0.1) is 17.7 Å². The van der Waals surface area contributed by atoms with E-state index in [4.69, 9.17) is 16.3 Å². The Bertz CT molecular complexity index is 647. The van der Waals surface area contributed by atoms with Gasteiger partial charge in [0.25, 0.3) is 5.91 Å². The number of anilines is 2. The molecule has 0 spiro atoms. The van der Waals surface area contributed by atoms with Gasteiger partial charge in [0.2, 0.25) is 0 Å². The largest absolute Gasteiger partial charge is 0.495 e. The highest BCUT2D eigenvalue weighted by Gasteiger charge is 2.12. The fourth-order valence-electron chi connectivity index (χ4n) is 1.84. The van der Waals surface area contributed by atoms with Gasteiger partial charge in [0, 0.05) is 18.4 Å². The van der Waals surface area contributed by atoms with E-state index in [1.807, 2.05) is 6.92 Å². The number of nitrogens with zero attached hydrogens (tertiary/aromatic N) is 1. The molecule has 0 aliphatic carbocycles. The van der Waals surface area contributed by atoms with Crippen LogP contribution in [0.2, 0.25) is 5.02 Å². The molecule has 6 heteroatoms. The maximum Gasteiger partial charge on any atom is 0.259 e. The molecule has 0 radical (unpaired) electrons. The van der Waals surface area contributed by atoms with Crippen LogP contribution < -0.4 is 15.4 Å². The van der Waals surface area contributed by atoms with Crippen LogP contribution in [-0.4, -0.2) is 24.5 Å². The van der Waals surface area contributed by atoms with E-state index in [-0.39, 0.29) is 5.91 Å². The minimum atomic E-state index is -0.250. The van der Waals surface area contributed by atoms with Crippen LogP contribution in [0.3, 0.4) is 0 Å². The molecule has 5 nitrogen and oxygen atoms in total. The molecule has 2 N–H and O–H groups in total. The second-order valence-corrected chi connectivity index (χ2v) is 4.64. The summed E-state index contributed by atoms with van der Waals surface area (Å²) in [6.07, 6.45) is 1.64. The van der Waals surface area contributed by atoms with E-state index < -0.39 is 0 Å². The van der Waals surface area contributed by atoms with Crippen molar-refractivity contribution < 1.29 is 9.53 Å². The number of nitrogens with one attached hydrogen (secondary N) is 2. The fraction of sp³-hybridized carbons (Fsp3) is 0.200. The lowest BCUT2D eigenvalue weighted by molar-refractivity contribution is 0.102. The molecule has 0 fully saturated rings. The van der Waals surface area contributed by atoms with Crippen LogP contribution in [0, 0.1) is 0 Å². The fourth-order valence-corrected chi connectivity index (χ4v) is 2.10. The molecule has 1 heterocycles. The van der Waals surface area contributed by atoms with E-state index in [1.54, 1.807) is 36.5 Å². The number of halogens is 1. The second-order valence-electron chi connectivity index (χ2n) is 4.23. The van der Waals surface area contributed by atoms with Crippen molar-refractivity contribution in [2.75, 3.05) is 24.3 Å². The van der Waals surface area contributed by atoms with Crippen molar-refractivity contribution in [1.82, 2.24) is 4.98 Å². The second kappa shape index (κ2) is 6.95. The number of methoxy groups -OCH3 is 1. The maximum atomic E-state index is 12.3. The normalized spacial score (nSPS) is 10.0. The SMILES string of the molecule is CCNc1ncccc1C(=O)Nc1ccc(OC)c(Cl)c1. The van der Waals surface area contributed by atoms with Crippen LogP contribution in [-0.2, 0) is 0 Å². The van der Waals surface area contributed by atoms with E-state index in [0.717, 1.165) is 0 Å². The van der Waals surface area contributed by atoms with Crippen LogP contribution >= 0.6 is 11.6 Å². The summed E-state index contributed by atoms with van der Waals surface area (Å²) >= 11 is 6.04. The molecule has 0 aliphatic heterocycles. The third-order valence-electron chi connectivity index (χ3n) is 2.81. The number of hydrogen-bond donors (Lipinski definition) is 2. The summed E-state index contributed by atoms with van der Waals surface area (Å²) in [4.78, 5) is 16.5. The smallest absolute Gasteiger partial charge is 0.259 e. The highest BCUT2D eigenvalue weighted by molar-refractivity contribution is 6.32. The van der Waals surface area contributed by atoms with Crippen molar-refractivity contribution in [3.05, 3.63) is 47.1 Å². The number of hydrogen-bond acceptors (Lipinski definition) is 4. The number of aromatic nitrogens is 1. The van der Waals surface area contributed by atoms with Gasteiger partial charge < -0.3 is 15.4 Å². The Hall–Kier alpha value is -2.27. The van der Waals surface area contributed by atoms with Gasteiger partial charge in [0.15, 0.2) is 0 Å². The standard InChI is InChI=1S/C15H16ClN3O2/c1-3-17-14-11(5-4-8-18-14)15(20)19-10-6-7-13(21-2)12(16)9-10/h4-9H,3H2,1-2H3,(H,17,18)(H,19,20). The van der Waals surface area contributed by atoms with Crippen molar-refractivity contribution in [3.63, 3.8) is 0 Å². The van der Waals surface area contributed by atoms with Crippen molar-refractivity contribution in [1.29, 1.82) is 0 Å². The van der Waals surface area contributed by atoms with Crippen molar-refractivity contribution in [2.24, 2.45) is 0 Å². The number of ether oxygens (including phenoxy) is 1. The van der Waals surface area contributed by atoms with Crippen LogP contribution in [0.15, 0.2) is 36.5 Å². The van der Waals surface area contributed by atoms with Crippen LogP contribution in [0.25, 0.3) is 0 Å². The van der Waals surface area contributed by atoms with Crippen LogP contribution in [0.5, 0.6) is 5.75 Å². The molecule has 0 unspecified atom stereocenters.